The van der Waals surface area contributed by atoms with E-state index in [-0.39, 0.29) is 8.33 Å². The summed E-state index contributed by atoms with van der Waals surface area (Å²) in [5, 5.41) is 7.69. The first kappa shape index (κ1) is 27.7. The molecule has 0 aliphatic rings. The summed E-state index contributed by atoms with van der Waals surface area (Å²) in [5.41, 5.74) is 18.9. The standard InChI is InChI=1S/C26H25N3O.C2H4O.H2O.2H2/c1-2-23(19-6-4-3-5-7-19)26(21-13-14-24(28)22(16-21)17-27)20-11-8-18(9-12-20)10-15-25(29)30;1-2-3;;;/h3-17,27H,2,28H2,1H3,(H2,29,30);2H,1H3;1H2;2*1H/b15-10+,26-23+,27-17?;;;;. The fourth-order valence-electron chi connectivity index (χ4n) is 3.47. The number of hydrogen-bond donors (Lipinski definition) is 3. The molecule has 0 unspecified atom stereocenters. The number of rotatable bonds is 7. The van der Waals surface area contributed by atoms with E-state index < -0.39 is 5.91 Å². The molecular weight excluding hydrogens is 426 g/mol. The van der Waals surface area contributed by atoms with Crippen LogP contribution in [-0.2, 0) is 9.59 Å². The molecule has 0 radical (unpaired) electrons. The first-order valence-corrected chi connectivity index (χ1v) is 10.6. The minimum absolute atomic E-state index is 0. The summed E-state index contributed by atoms with van der Waals surface area (Å²) in [6.45, 7) is 3.58. The molecule has 7 N–H and O–H groups in total. The SMILES string of the molecule is CC/C(=C(/c1ccc(/C=C/C(N)=O)cc1)c1ccc(N)c(C=N)c1)c1ccccc1.CC=O.O.[HH].[HH]. The third-order valence-electron chi connectivity index (χ3n) is 4.95. The van der Waals surface area contributed by atoms with Gasteiger partial charge in [-0.15, -0.1) is 0 Å². The van der Waals surface area contributed by atoms with Gasteiger partial charge in [-0.2, -0.15) is 0 Å². The molecular formula is C28H35N3O3. The van der Waals surface area contributed by atoms with Crippen molar-refractivity contribution in [2.75, 3.05) is 5.73 Å². The average Bonchev–Trinajstić information content (AvgIpc) is 2.83. The Kier molecular flexibility index (Phi) is 11.4. The van der Waals surface area contributed by atoms with Gasteiger partial charge in [0.05, 0.1) is 0 Å². The van der Waals surface area contributed by atoms with Crippen molar-refractivity contribution < 1.29 is 17.9 Å². The first-order chi connectivity index (χ1) is 15.9. The molecule has 0 aromatic heterocycles. The summed E-state index contributed by atoms with van der Waals surface area (Å²) in [6.07, 6.45) is 5.92. The zero-order valence-corrected chi connectivity index (χ0v) is 19.4. The van der Waals surface area contributed by atoms with Gasteiger partial charge in [-0.25, -0.2) is 0 Å². The number of carbonyl (C=O) groups excluding carboxylic acids is 2. The van der Waals surface area contributed by atoms with Gasteiger partial charge >= 0.3 is 0 Å². The van der Waals surface area contributed by atoms with Crippen LogP contribution in [0.4, 0.5) is 5.69 Å². The summed E-state index contributed by atoms with van der Waals surface area (Å²) in [4.78, 5) is 19.8. The quantitative estimate of drug-likeness (QED) is 0.150. The maximum atomic E-state index is 11.0. The zero-order chi connectivity index (χ0) is 24.2. The maximum absolute atomic E-state index is 11.0. The lowest BCUT2D eigenvalue weighted by atomic mass is 9.87. The molecule has 34 heavy (non-hydrogen) atoms. The van der Waals surface area contributed by atoms with E-state index in [2.05, 4.69) is 19.1 Å². The highest BCUT2D eigenvalue weighted by atomic mass is 16.1. The predicted molar refractivity (Wildman–Crippen MR) is 146 cm³/mol. The Labute approximate surface area is 203 Å². The van der Waals surface area contributed by atoms with Crippen molar-refractivity contribution in [3.05, 3.63) is 107 Å². The van der Waals surface area contributed by atoms with Crippen LogP contribution in [-0.4, -0.2) is 23.9 Å². The van der Waals surface area contributed by atoms with E-state index in [9.17, 15) is 4.79 Å². The predicted octanol–water partition coefficient (Wildman–Crippen LogP) is 5.01. The molecule has 3 aromatic carbocycles. The van der Waals surface area contributed by atoms with Gasteiger partial charge in [0.2, 0.25) is 5.91 Å². The summed E-state index contributed by atoms with van der Waals surface area (Å²) in [6, 6.07) is 24.1. The number of allylic oxidation sites excluding steroid dienone is 1. The van der Waals surface area contributed by atoms with E-state index in [1.807, 2.05) is 60.7 Å². The van der Waals surface area contributed by atoms with Crippen molar-refractivity contribution in [3.63, 3.8) is 0 Å². The normalized spacial score (nSPS) is 10.9. The van der Waals surface area contributed by atoms with Crippen LogP contribution in [0.25, 0.3) is 17.2 Å². The van der Waals surface area contributed by atoms with Crippen LogP contribution in [0, 0.1) is 5.41 Å². The van der Waals surface area contributed by atoms with Gasteiger partial charge in [-0.05, 0) is 65.0 Å². The molecule has 0 aliphatic carbocycles. The van der Waals surface area contributed by atoms with Crippen LogP contribution in [0.3, 0.4) is 0 Å². The monoisotopic (exact) mass is 461 g/mol. The summed E-state index contributed by atoms with van der Waals surface area (Å²) in [5.74, 6) is -0.474. The highest BCUT2D eigenvalue weighted by molar-refractivity contribution is 6.00. The topological polar surface area (TPSA) is 142 Å². The Balaban J connectivity index is 0. The van der Waals surface area contributed by atoms with Crippen molar-refractivity contribution in [2.24, 2.45) is 5.73 Å². The molecule has 0 saturated carbocycles. The lowest BCUT2D eigenvalue weighted by molar-refractivity contribution is -0.113. The smallest absolute Gasteiger partial charge is 0.241 e. The fraction of sp³-hybridized carbons (Fsp3) is 0.107. The molecule has 180 valence electrons. The summed E-state index contributed by atoms with van der Waals surface area (Å²) in [7, 11) is 0. The molecule has 6 nitrogen and oxygen atoms in total. The van der Waals surface area contributed by atoms with E-state index in [0.717, 1.165) is 40.5 Å². The number of benzene rings is 3. The maximum Gasteiger partial charge on any atom is 0.241 e. The van der Waals surface area contributed by atoms with Crippen LogP contribution < -0.4 is 11.5 Å². The van der Waals surface area contributed by atoms with Gasteiger partial charge < -0.3 is 27.1 Å². The largest absolute Gasteiger partial charge is 0.412 e. The Morgan fingerprint density at radius 3 is 2.09 bits per heavy atom. The van der Waals surface area contributed by atoms with Crippen LogP contribution in [0.15, 0.2) is 78.9 Å². The second kappa shape index (κ2) is 14.0. The Morgan fingerprint density at radius 1 is 0.971 bits per heavy atom. The van der Waals surface area contributed by atoms with Gasteiger partial charge in [0.1, 0.15) is 6.29 Å². The van der Waals surface area contributed by atoms with Gasteiger partial charge in [0.25, 0.3) is 0 Å². The fourth-order valence-corrected chi connectivity index (χ4v) is 3.47. The second-order valence-corrected chi connectivity index (χ2v) is 7.15. The molecule has 0 fully saturated rings. The number of anilines is 1. The minimum Gasteiger partial charge on any atom is -0.412 e. The third-order valence-corrected chi connectivity index (χ3v) is 4.95. The molecule has 0 heterocycles. The van der Waals surface area contributed by atoms with E-state index in [1.54, 1.807) is 6.08 Å². The number of amides is 1. The number of nitrogen functional groups attached to an aromatic ring is 1. The number of primary amides is 1. The van der Waals surface area contributed by atoms with Gasteiger partial charge in [0, 0.05) is 26.4 Å². The number of nitrogens with one attached hydrogen (secondary N) is 1. The zero-order valence-electron chi connectivity index (χ0n) is 19.4. The van der Waals surface area contributed by atoms with Crippen molar-refractivity contribution in [2.45, 2.75) is 20.3 Å². The molecule has 0 bridgehead atoms. The van der Waals surface area contributed by atoms with Crippen LogP contribution in [0.5, 0.6) is 0 Å². The number of hydrogen-bond acceptors (Lipinski definition) is 4. The van der Waals surface area contributed by atoms with Crippen molar-refractivity contribution in [1.29, 1.82) is 5.41 Å². The van der Waals surface area contributed by atoms with Gasteiger partial charge in [-0.1, -0.05) is 67.6 Å². The molecule has 1 amide bonds. The van der Waals surface area contributed by atoms with E-state index in [4.69, 9.17) is 21.7 Å². The third kappa shape index (κ3) is 7.39. The van der Waals surface area contributed by atoms with Crippen LogP contribution in [0.2, 0.25) is 0 Å². The summed E-state index contributed by atoms with van der Waals surface area (Å²) < 4.78 is 0. The minimum atomic E-state index is -0.474. The Morgan fingerprint density at radius 2 is 1.56 bits per heavy atom. The molecule has 3 aromatic rings. The van der Waals surface area contributed by atoms with Gasteiger partial charge in [-0.3, -0.25) is 4.79 Å². The highest BCUT2D eigenvalue weighted by Gasteiger charge is 2.14. The lowest BCUT2D eigenvalue weighted by Gasteiger charge is -2.17. The van der Waals surface area contributed by atoms with Crippen LogP contribution in [0.1, 0.15) is 50.9 Å². The molecule has 0 saturated heterocycles. The Bertz CT molecular complexity index is 1180. The molecule has 0 atom stereocenters. The second-order valence-electron chi connectivity index (χ2n) is 7.15. The first-order valence-electron chi connectivity index (χ1n) is 10.6. The van der Waals surface area contributed by atoms with E-state index in [0.29, 0.717) is 11.3 Å². The summed E-state index contributed by atoms with van der Waals surface area (Å²) >= 11 is 0. The number of carbonyl (C=O) groups is 2. The molecule has 6 heteroatoms. The molecule has 3 rings (SSSR count). The molecule has 0 aliphatic heterocycles. The van der Waals surface area contributed by atoms with Crippen LogP contribution >= 0.6 is 0 Å². The van der Waals surface area contributed by atoms with Crippen molar-refractivity contribution in [1.82, 2.24) is 0 Å². The van der Waals surface area contributed by atoms with Crippen molar-refractivity contribution in [3.8, 4) is 0 Å². The Hall–Kier alpha value is -4.29. The number of aldehydes is 1. The van der Waals surface area contributed by atoms with Crippen molar-refractivity contribution >= 4 is 41.3 Å². The van der Waals surface area contributed by atoms with E-state index in [1.165, 1.54) is 24.8 Å². The highest BCUT2D eigenvalue weighted by Crippen LogP contribution is 2.35. The van der Waals surface area contributed by atoms with E-state index >= 15 is 0 Å². The van der Waals surface area contributed by atoms with Gasteiger partial charge in [0.15, 0.2) is 0 Å². The lowest BCUT2D eigenvalue weighted by Crippen LogP contribution is -2.05. The average molecular weight is 462 g/mol. The number of nitrogens with two attached hydrogens (primary N) is 2. The molecule has 0 spiro atoms.